The zero-order valence-corrected chi connectivity index (χ0v) is 11.2. The van der Waals surface area contributed by atoms with Gasteiger partial charge in [0.25, 0.3) is 0 Å². The smallest absolute Gasteiger partial charge is 0.123 e. The van der Waals surface area contributed by atoms with Gasteiger partial charge in [-0.2, -0.15) is 0 Å². The minimum atomic E-state index is 0.280. The largest absolute Gasteiger partial charge is 0.497 e. The molecule has 0 aromatic heterocycles. The molecule has 0 heterocycles. The van der Waals surface area contributed by atoms with Crippen LogP contribution in [0.3, 0.4) is 0 Å². The van der Waals surface area contributed by atoms with Crippen LogP contribution in [0.15, 0.2) is 18.2 Å². The maximum atomic E-state index is 5.33. The Balaban J connectivity index is 3.11. The first-order valence-electron chi connectivity index (χ1n) is 4.96. The fourth-order valence-corrected chi connectivity index (χ4v) is 1.77. The topological polar surface area (TPSA) is 18.5 Å². The molecule has 0 saturated carbocycles. The number of ether oxygens (including phenoxy) is 2. The van der Waals surface area contributed by atoms with Crippen LogP contribution in [0.2, 0.25) is 0 Å². The van der Waals surface area contributed by atoms with E-state index in [0.29, 0.717) is 5.92 Å². The summed E-state index contributed by atoms with van der Waals surface area (Å²) in [6, 6.07) is 5.85. The predicted molar refractivity (Wildman–Crippen MR) is 66.1 cm³/mol. The van der Waals surface area contributed by atoms with Gasteiger partial charge < -0.3 is 9.47 Å². The van der Waals surface area contributed by atoms with Crippen LogP contribution in [-0.4, -0.2) is 14.2 Å². The van der Waals surface area contributed by atoms with Crippen LogP contribution < -0.4 is 9.47 Å². The summed E-state index contributed by atoms with van der Waals surface area (Å²) in [7, 11) is 3.36. The Hall–Kier alpha value is -0.700. The second-order valence-corrected chi connectivity index (χ2v) is 4.74. The highest BCUT2D eigenvalue weighted by atomic mass is 79.9. The highest BCUT2D eigenvalue weighted by Gasteiger charge is 2.17. The molecule has 1 rings (SSSR count). The van der Waals surface area contributed by atoms with E-state index >= 15 is 0 Å². The summed E-state index contributed by atoms with van der Waals surface area (Å²) in [4.78, 5) is 0.280. The summed E-state index contributed by atoms with van der Waals surface area (Å²) >= 11 is 3.67. The van der Waals surface area contributed by atoms with Crippen molar-refractivity contribution in [2.24, 2.45) is 5.92 Å². The van der Waals surface area contributed by atoms with E-state index in [1.54, 1.807) is 14.2 Å². The maximum absolute atomic E-state index is 5.33. The Bertz CT molecular complexity index is 323. The average molecular weight is 273 g/mol. The molecule has 2 nitrogen and oxygen atoms in total. The number of halogens is 1. The second kappa shape index (κ2) is 5.40. The van der Waals surface area contributed by atoms with Crippen molar-refractivity contribution in [2.45, 2.75) is 18.7 Å². The number of rotatable bonds is 4. The van der Waals surface area contributed by atoms with Crippen molar-refractivity contribution in [1.82, 2.24) is 0 Å². The summed E-state index contributed by atoms with van der Waals surface area (Å²) in [6.07, 6.45) is 0. The van der Waals surface area contributed by atoms with Crippen molar-refractivity contribution in [2.75, 3.05) is 14.2 Å². The molecule has 1 unspecified atom stereocenters. The Labute approximate surface area is 99.7 Å². The van der Waals surface area contributed by atoms with E-state index in [1.807, 2.05) is 18.2 Å². The normalized spacial score (nSPS) is 12.7. The standard InChI is InChI=1S/C12H17BrO2/c1-8(2)12(13)10-7-9(14-3)5-6-11(10)15-4/h5-8,12H,1-4H3. The summed E-state index contributed by atoms with van der Waals surface area (Å²) in [6.45, 7) is 4.33. The van der Waals surface area contributed by atoms with Gasteiger partial charge in [-0.25, -0.2) is 0 Å². The van der Waals surface area contributed by atoms with Crippen molar-refractivity contribution in [3.63, 3.8) is 0 Å². The molecule has 84 valence electrons. The third kappa shape index (κ3) is 2.88. The molecular formula is C12H17BrO2. The van der Waals surface area contributed by atoms with Gasteiger partial charge >= 0.3 is 0 Å². The van der Waals surface area contributed by atoms with Crippen molar-refractivity contribution in [3.05, 3.63) is 23.8 Å². The summed E-state index contributed by atoms with van der Waals surface area (Å²) < 4.78 is 10.5. The molecule has 0 amide bonds. The Morgan fingerprint density at radius 2 is 1.80 bits per heavy atom. The second-order valence-electron chi connectivity index (χ2n) is 3.75. The zero-order chi connectivity index (χ0) is 11.4. The van der Waals surface area contributed by atoms with Gasteiger partial charge in [0.1, 0.15) is 11.5 Å². The molecule has 0 spiro atoms. The molecule has 0 saturated heterocycles. The molecule has 0 aliphatic carbocycles. The molecule has 0 aliphatic heterocycles. The lowest BCUT2D eigenvalue weighted by Gasteiger charge is -2.18. The Kier molecular flexibility index (Phi) is 4.45. The van der Waals surface area contributed by atoms with Gasteiger partial charge in [0.2, 0.25) is 0 Å². The first-order chi connectivity index (χ1) is 7.10. The molecular weight excluding hydrogens is 256 g/mol. The van der Waals surface area contributed by atoms with Crippen molar-refractivity contribution in [3.8, 4) is 11.5 Å². The summed E-state index contributed by atoms with van der Waals surface area (Å²) in [5.41, 5.74) is 1.13. The van der Waals surface area contributed by atoms with Crippen molar-refractivity contribution in [1.29, 1.82) is 0 Å². The van der Waals surface area contributed by atoms with Gasteiger partial charge in [0.15, 0.2) is 0 Å². The van der Waals surface area contributed by atoms with Gasteiger partial charge in [-0.15, -0.1) is 0 Å². The zero-order valence-electron chi connectivity index (χ0n) is 9.58. The molecule has 15 heavy (non-hydrogen) atoms. The van der Waals surface area contributed by atoms with E-state index in [0.717, 1.165) is 17.1 Å². The Morgan fingerprint density at radius 1 is 1.13 bits per heavy atom. The maximum Gasteiger partial charge on any atom is 0.123 e. The average Bonchev–Trinajstić information content (AvgIpc) is 2.27. The Morgan fingerprint density at radius 3 is 2.27 bits per heavy atom. The van der Waals surface area contributed by atoms with Gasteiger partial charge in [-0.3, -0.25) is 0 Å². The first-order valence-corrected chi connectivity index (χ1v) is 5.87. The van der Waals surface area contributed by atoms with E-state index in [9.17, 15) is 0 Å². The van der Waals surface area contributed by atoms with Crippen LogP contribution in [0.1, 0.15) is 24.2 Å². The van der Waals surface area contributed by atoms with Crippen LogP contribution in [0.4, 0.5) is 0 Å². The first kappa shape index (κ1) is 12.4. The lowest BCUT2D eigenvalue weighted by atomic mass is 10.0. The number of benzene rings is 1. The van der Waals surface area contributed by atoms with Crippen molar-refractivity contribution >= 4 is 15.9 Å². The predicted octanol–water partition coefficient (Wildman–Crippen LogP) is 3.80. The van der Waals surface area contributed by atoms with Crippen molar-refractivity contribution < 1.29 is 9.47 Å². The molecule has 0 fully saturated rings. The van der Waals surface area contributed by atoms with Crippen LogP contribution >= 0.6 is 15.9 Å². The van der Waals surface area contributed by atoms with Crippen LogP contribution in [0.25, 0.3) is 0 Å². The number of hydrogen-bond donors (Lipinski definition) is 0. The fraction of sp³-hybridized carbons (Fsp3) is 0.500. The molecule has 0 N–H and O–H groups in total. The van der Waals surface area contributed by atoms with E-state index in [-0.39, 0.29) is 4.83 Å². The lowest BCUT2D eigenvalue weighted by Crippen LogP contribution is -2.02. The van der Waals surface area contributed by atoms with Crippen LogP contribution in [0, 0.1) is 5.92 Å². The summed E-state index contributed by atoms with van der Waals surface area (Å²) in [5, 5.41) is 0. The third-order valence-electron chi connectivity index (χ3n) is 2.32. The van der Waals surface area contributed by atoms with Gasteiger partial charge in [-0.1, -0.05) is 29.8 Å². The van der Waals surface area contributed by atoms with Crippen LogP contribution in [0.5, 0.6) is 11.5 Å². The van der Waals surface area contributed by atoms with E-state index in [1.165, 1.54) is 0 Å². The third-order valence-corrected chi connectivity index (χ3v) is 3.87. The minimum absolute atomic E-state index is 0.280. The quantitative estimate of drug-likeness (QED) is 0.777. The molecule has 3 heteroatoms. The highest BCUT2D eigenvalue weighted by Crippen LogP contribution is 2.38. The minimum Gasteiger partial charge on any atom is -0.497 e. The molecule has 0 aliphatic rings. The van der Waals surface area contributed by atoms with E-state index in [2.05, 4.69) is 29.8 Å². The molecule has 0 radical (unpaired) electrons. The molecule has 0 bridgehead atoms. The highest BCUT2D eigenvalue weighted by molar-refractivity contribution is 9.09. The van der Waals surface area contributed by atoms with E-state index < -0.39 is 0 Å². The number of methoxy groups -OCH3 is 2. The van der Waals surface area contributed by atoms with Gasteiger partial charge in [0, 0.05) is 10.4 Å². The molecule has 1 aromatic carbocycles. The molecule has 1 atom stereocenters. The monoisotopic (exact) mass is 272 g/mol. The van der Waals surface area contributed by atoms with Gasteiger partial charge in [-0.05, 0) is 24.1 Å². The number of hydrogen-bond acceptors (Lipinski definition) is 2. The van der Waals surface area contributed by atoms with E-state index in [4.69, 9.17) is 9.47 Å². The molecule has 1 aromatic rings. The lowest BCUT2D eigenvalue weighted by molar-refractivity contribution is 0.396. The number of alkyl halides is 1. The fourth-order valence-electron chi connectivity index (χ4n) is 1.41. The van der Waals surface area contributed by atoms with Crippen LogP contribution in [-0.2, 0) is 0 Å². The van der Waals surface area contributed by atoms with Gasteiger partial charge in [0.05, 0.1) is 14.2 Å². The summed E-state index contributed by atoms with van der Waals surface area (Å²) in [5.74, 6) is 2.26. The SMILES string of the molecule is COc1ccc(OC)c(C(Br)C(C)C)c1.